The third kappa shape index (κ3) is 4.88. The van der Waals surface area contributed by atoms with Crippen LogP contribution in [0.2, 0.25) is 0 Å². The van der Waals surface area contributed by atoms with Gasteiger partial charge in [0.1, 0.15) is 4.90 Å². The van der Waals surface area contributed by atoms with E-state index in [1.54, 1.807) is 12.1 Å². The number of benzene rings is 1. The molecular weight excluding hydrogens is 294 g/mol. The summed E-state index contributed by atoms with van der Waals surface area (Å²) >= 11 is 1.87. The van der Waals surface area contributed by atoms with Gasteiger partial charge in [-0.25, -0.2) is 13.1 Å². The van der Waals surface area contributed by atoms with Crippen molar-refractivity contribution in [1.82, 2.24) is 4.72 Å². The average Bonchev–Trinajstić information content (AvgIpc) is 2.41. The number of thioether (sulfide) groups is 1. The van der Waals surface area contributed by atoms with Crippen molar-refractivity contribution in [2.45, 2.75) is 31.2 Å². The minimum absolute atomic E-state index is 0.190. The van der Waals surface area contributed by atoms with Crippen LogP contribution in [0.4, 0.5) is 11.4 Å². The second-order valence-corrected chi connectivity index (χ2v) is 7.74. The van der Waals surface area contributed by atoms with Crippen LogP contribution in [0.5, 0.6) is 0 Å². The molecule has 0 aliphatic rings. The maximum Gasteiger partial charge on any atom is 0.242 e. The van der Waals surface area contributed by atoms with Crippen molar-refractivity contribution in [1.29, 1.82) is 0 Å². The first-order chi connectivity index (χ1) is 9.40. The van der Waals surface area contributed by atoms with Crippen molar-refractivity contribution < 1.29 is 8.42 Å². The largest absolute Gasteiger partial charge is 0.399 e. The lowest BCUT2D eigenvalue weighted by Crippen LogP contribution is -2.23. The summed E-state index contributed by atoms with van der Waals surface area (Å²) in [5, 5.41) is 3.25. The monoisotopic (exact) mass is 317 g/mol. The highest BCUT2D eigenvalue weighted by Crippen LogP contribution is 2.25. The molecule has 1 aromatic carbocycles. The summed E-state index contributed by atoms with van der Waals surface area (Å²) in [6.45, 7) is 4.17. The van der Waals surface area contributed by atoms with Crippen LogP contribution < -0.4 is 15.8 Å². The minimum Gasteiger partial charge on any atom is -0.399 e. The maximum absolute atomic E-state index is 12.0. The number of nitrogens with two attached hydrogens (primary N) is 1. The van der Waals surface area contributed by atoms with Gasteiger partial charge >= 0.3 is 0 Å². The summed E-state index contributed by atoms with van der Waals surface area (Å²) in [7, 11) is -2.13. The van der Waals surface area contributed by atoms with E-state index in [0.717, 1.165) is 17.9 Å². The molecule has 0 saturated heterocycles. The molecule has 0 amide bonds. The lowest BCUT2D eigenvalue weighted by molar-refractivity contribution is 0.588. The van der Waals surface area contributed by atoms with E-state index in [1.807, 2.05) is 18.7 Å². The van der Waals surface area contributed by atoms with Crippen LogP contribution in [-0.4, -0.2) is 33.0 Å². The maximum atomic E-state index is 12.0. The molecule has 4 N–H and O–H groups in total. The predicted molar refractivity (Wildman–Crippen MR) is 87.8 cm³/mol. The number of hydrogen-bond acceptors (Lipinski definition) is 5. The van der Waals surface area contributed by atoms with E-state index in [9.17, 15) is 8.42 Å². The Kier molecular flexibility index (Phi) is 6.64. The molecule has 0 spiro atoms. The van der Waals surface area contributed by atoms with Crippen LogP contribution in [-0.2, 0) is 10.0 Å². The van der Waals surface area contributed by atoms with Gasteiger partial charge in [0, 0.05) is 11.7 Å². The fraction of sp³-hybridized carbons (Fsp3) is 0.538. The fourth-order valence-electron chi connectivity index (χ4n) is 1.73. The first-order valence-corrected chi connectivity index (χ1v) is 9.21. The van der Waals surface area contributed by atoms with Crippen molar-refractivity contribution in [2.75, 3.05) is 29.6 Å². The lowest BCUT2D eigenvalue weighted by atomic mass is 10.2. The average molecular weight is 317 g/mol. The zero-order valence-electron chi connectivity index (χ0n) is 12.1. The van der Waals surface area contributed by atoms with E-state index in [2.05, 4.69) is 17.0 Å². The lowest BCUT2D eigenvalue weighted by Gasteiger charge is -2.18. The van der Waals surface area contributed by atoms with Gasteiger partial charge in [0.2, 0.25) is 10.0 Å². The molecular formula is C13H23N3O2S2. The van der Waals surface area contributed by atoms with E-state index in [4.69, 9.17) is 5.73 Å². The van der Waals surface area contributed by atoms with E-state index in [0.29, 0.717) is 11.4 Å². The molecule has 7 heteroatoms. The molecule has 1 atom stereocenters. The van der Waals surface area contributed by atoms with Gasteiger partial charge in [-0.1, -0.05) is 6.92 Å². The number of rotatable bonds is 8. The summed E-state index contributed by atoms with van der Waals surface area (Å²) in [4.78, 5) is 0.190. The van der Waals surface area contributed by atoms with Gasteiger partial charge in [-0.3, -0.25) is 0 Å². The Hall–Kier alpha value is -0.920. The Labute approximate surface area is 125 Å². The first kappa shape index (κ1) is 17.1. The summed E-state index contributed by atoms with van der Waals surface area (Å²) in [6, 6.07) is 5.08. The van der Waals surface area contributed by atoms with Crippen molar-refractivity contribution >= 4 is 33.2 Å². The highest BCUT2D eigenvalue weighted by atomic mass is 32.2. The Morgan fingerprint density at radius 3 is 2.70 bits per heavy atom. The molecule has 0 saturated carbocycles. The first-order valence-electron chi connectivity index (χ1n) is 6.58. The highest BCUT2D eigenvalue weighted by Gasteiger charge is 2.18. The highest BCUT2D eigenvalue weighted by molar-refractivity contribution is 7.99. The zero-order valence-corrected chi connectivity index (χ0v) is 13.8. The molecule has 114 valence electrons. The van der Waals surface area contributed by atoms with Gasteiger partial charge in [0.25, 0.3) is 0 Å². The quantitative estimate of drug-likeness (QED) is 0.505. The molecule has 0 bridgehead atoms. The van der Waals surface area contributed by atoms with E-state index in [1.165, 1.54) is 13.1 Å². The third-order valence-electron chi connectivity index (χ3n) is 2.87. The SMILES string of the molecule is CCSCCC(C)Nc1ccc(N)cc1S(=O)(=O)NC. The summed E-state index contributed by atoms with van der Waals surface area (Å²) < 4.78 is 26.3. The van der Waals surface area contributed by atoms with Crippen molar-refractivity contribution in [3.63, 3.8) is 0 Å². The van der Waals surface area contributed by atoms with Crippen LogP contribution >= 0.6 is 11.8 Å². The standard InChI is InChI=1S/C13H23N3O2S2/c1-4-19-8-7-10(2)16-12-6-5-11(14)9-13(12)20(17,18)15-3/h5-6,9-10,15-16H,4,7-8,14H2,1-3H3. The molecule has 0 aromatic heterocycles. The molecule has 0 fully saturated rings. The summed E-state index contributed by atoms with van der Waals surface area (Å²) in [5.41, 5.74) is 6.70. The normalized spacial score (nSPS) is 13.2. The fourth-order valence-corrected chi connectivity index (χ4v) is 3.47. The van der Waals surface area contributed by atoms with Gasteiger partial charge in [-0.2, -0.15) is 11.8 Å². The molecule has 1 aromatic rings. The minimum atomic E-state index is -3.52. The Balaban J connectivity index is 2.90. The molecule has 1 unspecified atom stereocenters. The number of hydrogen-bond donors (Lipinski definition) is 3. The van der Waals surface area contributed by atoms with E-state index >= 15 is 0 Å². The van der Waals surface area contributed by atoms with Crippen LogP contribution in [0.3, 0.4) is 0 Å². The van der Waals surface area contributed by atoms with Gasteiger partial charge in [0.05, 0.1) is 5.69 Å². The van der Waals surface area contributed by atoms with Gasteiger partial charge < -0.3 is 11.1 Å². The van der Waals surface area contributed by atoms with E-state index < -0.39 is 10.0 Å². The zero-order chi connectivity index (χ0) is 15.2. The van der Waals surface area contributed by atoms with Gasteiger partial charge in [-0.15, -0.1) is 0 Å². The molecule has 5 nitrogen and oxygen atoms in total. The van der Waals surface area contributed by atoms with Crippen molar-refractivity contribution in [3.05, 3.63) is 18.2 Å². The van der Waals surface area contributed by atoms with E-state index in [-0.39, 0.29) is 10.9 Å². The van der Waals surface area contributed by atoms with Gasteiger partial charge in [-0.05, 0) is 50.1 Å². The van der Waals surface area contributed by atoms with Crippen LogP contribution in [0.25, 0.3) is 0 Å². The van der Waals surface area contributed by atoms with Crippen molar-refractivity contribution in [3.8, 4) is 0 Å². The number of anilines is 2. The second kappa shape index (κ2) is 7.75. The molecule has 0 aliphatic heterocycles. The predicted octanol–water partition coefficient (Wildman–Crippen LogP) is 2.12. The molecule has 0 radical (unpaired) electrons. The van der Waals surface area contributed by atoms with Crippen molar-refractivity contribution in [2.24, 2.45) is 0 Å². The number of nitrogens with one attached hydrogen (secondary N) is 2. The number of sulfonamides is 1. The Morgan fingerprint density at radius 2 is 2.10 bits per heavy atom. The third-order valence-corrected chi connectivity index (χ3v) is 5.25. The van der Waals surface area contributed by atoms with Crippen LogP contribution in [0, 0.1) is 0 Å². The smallest absolute Gasteiger partial charge is 0.242 e. The topological polar surface area (TPSA) is 84.2 Å². The molecule has 0 aliphatic carbocycles. The molecule has 0 heterocycles. The van der Waals surface area contributed by atoms with Gasteiger partial charge in [0.15, 0.2) is 0 Å². The summed E-state index contributed by atoms with van der Waals surface area (Å²) in [5.74, 6) is 2.14. The van der Waals surface area contributed by atoms with Crippen LogP contribution in [0.15, 0.2) is 23.1 Å². The van der Waals surface area contributed by atoms with Crippen LogP contribution in [0.1, 0.15) is 20.3 Å². The Bertz CT molecular complexity index is 532. The Morgan fingerprint density at radius 1 is 1.40 bits per heavy atom. The number of nitrogen functional groups attached to an aromatic ring is 1. The second-order valence-electron chi connectivity index (χ2n) is 4.49. The molecule has 20 heavy (non-hydrogen) atoms. The summed E-state index contributed by atoms with van der Waals surface area (Å²) in [6.07, 6.45) is 0.974. The molecule has 1 rings (SSSR count).